The summed E-state index contributed by atoms with van der Waals surface area (Å²) in [6, 6.07) is 24.2. The summed E-state index contributed by atoms with van der Waals surface area (Å²) in [7, 11) is -1.30. The van der Waals surface area contributed by atoms with Gasteiger partial charge in [0.1, 0.15) is 18.8 Å². The van der Waals surface area contributed by atoms with Gasteiger partial charge in [0, 0.05) is 14.2 Å². The molecule has 0 aliphatic carbocycles. The standard InChI is InChI=1S/C29H30O9/c1-34-25(23(18-30)37-28(32)21-14-8-4-9-15-21)26(35-2)24(38-29(33)22-16-10-5-11-17-22)19-36-27(31)20-12-6-3-7-13-20/h3-17,23-26,30H,18-19H2,1-2H3/t23-,24-,25-,26-/m1/s1/i1D,2D. The lowest BCUT2D eigenvalue weighted by atomic mass is 10.0. The van der Waals surface area contributed by atoms with E-state index in [0.29, 0.717) is 0 Å². The van der Waals surface area contributed by atoms with Crippen molar-refractivity contribution in [1.29, 1.82) is 0 Å². The molecular formula is C29H30O9. The maximum Gasteiger partial charge on any atom is 0.338 e. The predicted molar refractivity (Wildman–Crippen MR) is 137 cm³/mol. The van der Waals surface area contributed by atoms with Crippen LogP contribution in [0.5, 0.6) is 0 Å². The van der Waals surface area contributed by atoms with Gasteiger partial charge >= 0.3 is 17.9 Å². The number of methoxy groups -OCH3 is 2. The van der Waals surface area contributed by atoms with Crippen LogP contribution in [0.2, 0.25) is 0 Å². The third-order valence-electron chi connectivity index (χ3n) is 5.55. The molecule has 0 aliphatic heterocycles. The van der Waals surface area contributed by atoms with Crippen molar-refractivity contribution >= 4 is 17.9 Å². The maximum absolute atomic E-state index is 13.0. The van der Waals surface area contributed by atoms with Gasteiger partial charge in [-0.3, -0.25) is 0 Å². The van der Waals surface area contributed by atoms with Gasteiger partial charge in [0.15, 0.2) is 12.2 Å². The molecule has 4 atom stereocenters. The molecule has 9 nitrogen and oxygen atoms in total. The van der Waals surface area contributed by atoms with Crippen molar-refractivity contribution in [3.63, 3.8) is 0 Å². The van der Waals surface area contributed by atoms with E-state index in [4.69, 9.17) is 26.4 Å². The van der Waals surface area contributed by atoms with Gasteiger partial charge in [0.05, 0.1) is 26.0 Å². The summed E-state index contributed by atoms with van der Waals surface area (Å²) in [6.45, 7) is -1.27. The number of ether oxygens (including phenoxy) is 5. The maximum atomic E-state index is 13.0. The van der Waals surface area contributed by atoms with Crippen molar-refractivity contribution in [1.82, 2.24) is 0 Å². The molecule has 0 radical (unpaired) electrons. The normalized spacial score (nSPS) is 14.7. The molecule has 200 valence electrons. The SMILES string of the molecule is [2H]CO[C@@H]([C@H](OC[2H])[C@@H](COC(=O)c1ccccc1)OC(=O)c1ccccc1)[C@@H](CO)OC(=O)c1ccccc1. The van der Waals surface area contributed by atoms with Crippen molar-refractivity contribution in [2.75, 3.05) is 27.4 Å². The van der Waals surface area contributed by atoms with Gasteiger partial charge in [-0.05, 0) is 36.4 Å². The Labute approximate surface area is 223 Å². The van der Waals surface area contributed by atoms with Crippen molar-refractivity contribution in [3.05, 3.63) is 108 Å². The van der Waals surface area contributed by atoms with E-state index in [1.54, 1.807) is 66.7 Å². The largest absolute Gasteiger partial charge is 0.458 e. The van der Waals surface area contributed by atoms with Crippen LogP contribution in [0.25, 0.3) is 0 Å². The van der Waals surface area contributed by atoms with E-state index in [2.05, 4.69) is 0 Å². The number of benzene rings is 3. The second kappa shape index (κ2) is 14.6. The van der Waals surface area contributed by atoms with Crippen molar-refractivity contribution in [2.45, 2.75) is 24.4 Å². The molecule has 1 N–H and O–H groups in total. The van der Waals surface area contributed by atoms with Gasteiger partial charge < -0.3 is 28.8 Å². The van der Waals surface area contributed by atoms with E-state index in [9.17, 15) is 19.5 Å². The highest BCUT2D eigenvalue weighted by Crippen LogP contribution is 2.20. The van der Waals surface area contributed by atoms with E-state index in [0.717, 1.165) is 0 Å². The number of carbonyl (C=O) groups excluding carboxylic acids is 3. The molecule has 3 aromatic carbocycles. The van der Waals surface area contributed by atoms with Gasteiger partial charge in [-0.1, -0.05) is 54.6 Å². The van der Waals surface area contributed by atoms with Crippen LogP contribution in [0.1, 0.15) is 33.8 Å². The second-order valence-electron chi connectivity index (χ2n) is 8.03. The molecular weight excluding hydrogens is 492 g/mol. The predicted octanol–water partition coefficient (Wildman–Crippen LogP) is 3.32. The van der Waals surface area contributed by atoms with E-state index < -0.39 is 69.7 Å². The number of aliphatic hydroxyl groups excluding tert-OH is 1. The van der Waals surface area contributed by atoms with Gasteiger partial charge in [0.25, 0.3) is 0 Å². The van der Waals surface area contributed by atoms with Crippen LogP contribution in [0.15, 0.2) is 91.0 Å². The molecule has 0 fully saturated rings. The van der Waals surface area contributed by atoms with Crippen molar-refractivity contribution in [2.24, 2.45) is 0 Å². The lowest BCUT2D eigenvalue weighted by molar-refractivity contribution is -0.153. The van der Waals surface area contributed by atoms with Crippen LogP contribution in [-0.2, 0) is 23.7 Å². The van der Waals surface area contributed by atoms with Crippen LogP contribution in [0.4, 0.5) is 0 Å². The summed E-state index contributed by atoms with van der Waals surface area (Å²) in [4.78, 5) is 38.4. The molecule has 0 amide bonds. The number of carbonyl (C=O) groups is 3. The fourth-order valence-corrected chi connectivity index (χ4v) is 3.61. The molecule has 3 rings (SSSR count). The Balaban J connectivity index is 1.90. The second-order valence-corrected chi connectivity index (χ2v) is 8.03. The third kappa shape index (κ3) is 7.72. The molecule has 0 saturated carbocycles. The zero-order valence-corrected chi connectivity index (χ0v) is 20.5. The Morgan fingerprint density at radius 2 is 1.05 bits per heavy atom. The molecule has 0 heterocycles. The highest BCUT2D eigenvalue weighted by molar-refractivity contribution is 5.90. The van der Waals surface area contributed by atoms with Crippen LogP contribution < -0.4 is 0 Å². The third-order valence-corrected chi connectivity index (χ3v) is 5.55. The summed E-state index contributed by atoms with van der Waals surface area (Å²) < 4.78 is 42.9. The first-order valence-corrected chi connectivity index (χ1v) is 11.6. The minimum absolute atomic E-state index is 0.193. The molecule has 0 spiro atoms. The fourth-order valence-electron chi connectivity index (χ4n) is 3.61. The van der Waals surface area contributed by atoms with Crippen LogP contribution >= 0.6 is 0 Å². The first-order chi connectivity index (χ1) is 19.5. The Morgan fingerprint density at radius 3 is 1.47 bits per heavy atom. The van der Waals surface area contributed by atoms with Crippen LogP contribution in [0, 0.1) is 0 Å². The van der Waals surface area contributed by atoms with Gasteiger partial charge in [0.2, 0.25) is 0 Å². The average Bonchev–Trinajstić information content (AvgIpc) is 3.01. The van der Waals surface area contributed by atoms with Crippen LogP contribution in [0.3, 0.4) is 0 Å². The monoisotopic (exact) mass is 524 g/mol. The summed E-state index contributed by atoms with van der Waals surface area (Å²) in [5, 5.41) is 10.1. The summed E-state index contributed by atoms with van der Waals surface area (Å²) in [5.74, 6) is -2.28. The molecule has 0 bridgehead atoms. The highest BCUT2D eigenvalue weighted by Gasteiger charge is 2.40. The summed E-state index contributed by atoms with van der Waals surface area (Å²) in [6.07, 6.45) is -5.55. The average molecular weight is 525 g/mol. The Kier molecular flexibility index (Phi) is 9.85. The van der Waals surface area contributed by atoms with Gasteiger partial charge in [-0.2, -0.15) is 0 Å². The molecule has 38 heavy (non-hydrogen) atoms. The number of hydrogen-bond donors (Lipinski definition) is 1. The van der Waals surface area contributed by atoms with Gasteiger partial charge in [-0.25, -0.2) is 14.4 Å². The van der Waals surface area contributed by atoms with E-state index in [-0.39, 0.29) is 16.7 Å². The van der Waals surface area contributed by atoms with E-state index in [1.807, 2.05) is 0 Å². The zero-order valence-electron chi connectivity index (χ0n) is 22.5. The van der Waals surface area contributed by atoms with Gasteiger partial charge in [-0.15, -0.1) is 0 Å². The molecule has 0 aromatic heterocycles. The van der Waals surface area contributed by atoms with Crippen molar-refractivity contribution in [3.8, 4) is 0 Å². The highest BCUT2D eigenvalue weighted by atomic mass is 16.6. The Bertz CT molecular complexity index is 1200. The number of hydrogen-bond acceptors (Lipinski definition) is 9. The smallest absolute Gasteiger partial charge is 0.338 e. The first kappa shape index (κ1) is 25.6. The zero-order chi connectivity index (χ0) is 28.7. The van der Waals surface area contributed by atoms with E-state index >= 15 is 0 Å². The number of rotatable bonds is 13. The summed E-state index contributed by atoms with van der Waals surface area (Å²) >= 11 is 0. The fraction of sp³-hybridized carbons (Fsp3) is 0.276. The lowest BCUT2D eigenvalue weighted by Crippen LogP contribution is -2.52. The molecule has 0 saturated heterocycles. The van der Waals surface area contributed by atoms with Crippen LogP contribution in [-0.4, -0.2) is 74.8 Å². The van der Waals surface area contributed by atoms with E-state index in [1.165, 1.54) is 24.3 Å². The lowest BCUT2D eigenvalue weighted by Gasteiger charge is -2.34. The quantitative estimate of drug-likeness (QED) is 0.265. The number of esters is 3. The summed E-state index contributed by atoms with van der Waals surface area (Å²) in [5.41, 5.74) is 0.642. The Morgan fingerprint density at radius 1 is 0.658 bits per heavy atom. The Hall–Kier alpha value is -4.05. The molecule has 3 aromatic rings. The minimum Gasteiger partial charge on any atom is -0.458 e. The number of aliphatic hydroxyl groups is 1. The topological polar surface area (TPSA) is 118 Å². The van der Waals surface area contributed by atoms with Crippen molar-refractivity contribution < 1.29 is 45.9 Å². The minimum atomic E-state index is -1.39. The molecule has 0 unspecified atom stereocenters. The molecule has 9 heteroatoms. The molecule has 0 aliphatic rings. The first-order valence-electron chi connectivity index (χ1n) is 13.1.